The second kappa shape index (κ2) is 10.7. The molecule has 3 rings (SSSR count). The van der Waals surface area contributed by atoms with Gasteiger partial charge >= 0.3 is 0 Å². The van der Waals surface area contributed by atoms with Crippen molar-refractivity contribution in [1.29, 1.82) is 0 Å². The smallest absolute Gasteiger partial charge is 0.251 e. The maximum Gasteiger partial charge on any atom is 0.251 e. The van der Waals surface area contributed by atoms with Gasteiger partial charge in [-0.25, -0.2) is 4.98 Å². The third-order valence-electron chi connectivity index (χ3n) is 5.13. The Bertz CT molecular complexity index is 834. The van der Waals surface area contributed by atoms with Crippen molar-refractivity contribution >= 4 is 22.4 Å². The number of amides is 1. The molecular formula is C22H32N4O3S. The third-order valence-corrected chi connectivity index (χ3v) is 6.03. The fourth-order valence-corrected chi connectivity index (χ4v) is 4.31. The number of ether oxygens (including phenoxy) is 2. The second-order valence-electron chi connectivity index (χ2n) is 7.85. The minimum atomic E-state index is -0.0695. The monoisotopic (exact) mass is 432 g/mol. The molecule has 2 heterocycles. The van der Waals surface area contributed by atoms with Gasteiger partial charge in [0.1, 0.15) is 5.75 Å². The van der Waals surface area contributed by atoms with Crippen LogP contribution in [0.3, 0.4) is 0 Å². The number of anilines is 1. The van der Waals surface area contributed by atoms with Crippen LogP contribution in [0.25, 0.3) is 11.3 Å². The molecule has 0 radical (unpaired) electrons. The summed E-state index contributed by atoms with van der Waals surface area (Å²) in [7, 11) is 5.76. The summed E-state index contributed by atoms with van der Waals surface area (Å²) in [5.41, 5.74) is 2.28. The van der Waals surface area contributed by atoms with Crippen molar-refractivity contribution in [1.82, 2.24) is 15.2 Å². The molecule has 0 aliphatic carbocycles. The topological polar surface area (TPSA) is 66.9 Å². The first kappa shape index (κ1) is 22.5. The number of methoxy groups -OCH3 is 1. The van der Waals surface area contributed by atoms with Crippen molar-refractivity contribution in [3.8, 4) is 17.0 Å². The Hall–Kier alpha value is -2.16. The number of hydrogen-bond donors (Lipinski definition) is 1. The Labute approximate surface area is 183 Å². The Kier molecular flexibility index (Phi) is 8.07. The molecule has 0 spiro atoms. The van der Waals surface area contributed by atoms with Gasteiger partial charge in [-0.2, -0.15) is 0 Å². The predicted octanol–water partition coefficient (Wildman–Crippen LogP) is 3.12. The lowest BCUT2D eigenvalue weighted by Gasteiger charge is -2.26. The highest BCUT2D eigenvalue weighted by Gasteiger charge is 2.18. The van der Waals surface area contributed by atoms with E-state index >= 15 is 0 Å². The van der Waals surface area contributed by atoms with Crippen LogP contribution in [0, 0.1) is 0 Å². The zero-order chi connectivity index (χ0) is 21.5. The number of hydrogen-bond acceptors (Lipinski definition) is 7. The molecule has 1 aliphatic heterocycles. The van der Waals surface area contributed by atoms with Crippen LogP contribution < -0.4 is 15.0 Å². The number of carbonyl (C=O) groups is 1. The molecule has 2 aromatic rings. The summed E-state index contributed by atoms with van der Waals surface area (Å²) in [5, 5.41) is 6.10. The zero-order valence-electron chi connectivity index (χ0n) is 18.3. The second-order valence-corrected chi connectivity index (χ2v) is 8.69. The summed E-state index contributed by atoms with van der Waals surface area (Å²) < 4.78 is 11.0. The Morgan fingerprint density at radius 3 is 2.83 bits per heavy atom. The van der Waals surface area contributed by atoms with E-state index in [0.717, 1.165) is 62.1 Å². The molecule has 1 aliphatic rings. The summed E-state index contributed by atoms with van der Waals surface area (Å²) >= 11 is 1.61. The molecule has 1 unspecified atom stereocenters. The molecule has 1 fully saturated rings. The molecule has 0 bridgehead atoms. The van der Waals surface area contributed by atoms with Gasteiger partial charge in [0.25, 0.3) is 5.91 Å². The Morgan fingerprint density at radius 1 is 1.37 bits per heavy atom. The standard InChI is InChI=1S/C22H32N4O3S/c1-16(6-5-9-25(2)3)23-21(27)17-7-8-20(28-4)18(14-17)19-15-30-22(24-19)26-10-12-29-13-11-26/h7-8,14-16H,5-6,9-13H2,1-4H3,(H,23,27). The van der Waals surface area contributed by atoms with Crippen LogP contribution in [-0.4, -0.2) is 75.9 Å². The van der Waals surface area contributed by atoms with Gasteiger partial charge in [0.2, 0.25) is 0 Å². The van der Waals surface area contributed by atoms with Gasteiger partial charge < -0.3 is 24.6 Å². The van der Waals surface area contributed by atoms with Gasteiger partial charge in [0.15, 0.2) is 5.13 Å². The quantitative estimate of drug-likeness (QED) is 0.657. The average Bonchev–Trinajstić information content (AvgIpc) is 3.23. The van der Waals surface area contributed by atoms with Crippen molar-refractivity contribution in [2.45, 2.75) is 25.8 Å². The third kappa shape index (κ3) is 5.93. The van der Waals surface area contributed by atoms with E-state index in [2.05, 4.69) is 29.2 Å². The van der Waals surface area contributed by atoms with Crippen LogP contribution in [0.15, 0.2) is 23.6 Å². The SMILES string of the molecule is COc1ccc(C(=O)NC(C)CCCN(C)C)cc1-c1csc(N2CCOCC2)n1. The normalized spacial score (nSPS) is 15.3. The van der Waals surface area contributed by atoms with Crippen LogP contribution in [0.4, 0.5) is 5.13 Å². The highest BCUT2D eigenvalue weighted by Crippen LogP contribution is 2.34. The fourth-order valence-electron chi connectivity index (χ4n) is 3.43. The number of aromatic nitrogens is 1. The minimum Gasteiger partial charge on any atom is -0.496 e. The summed E-state index contributed by atoms with van der Waals surface area (Å²) in [6, 6.07) is 5.64. The van der Waals surface area contributed by atoms with Gasteiger partial charge in [-0.1, -0.05) is 0 Å². The molecule has 1 aromatic carbocycles. The van der Waals surface area contributed by atoms with Gasteiger partial charge in [-0.15, -0.1) is 11.3 Å². The van der Waals surface area contributed by atoms with E-state index < -0.39 is 0 Å². The van der Waals surface area contributed by atoms with E-state index in [4.69, 9.17) is 14.5 Å². The van der Waals surface area contributed by atoms with Crippen molar-refractivity contribution in [3.63, 3.8) is 0 Å². The molecule has 1 N–H and O–H groups in total. The summed E-state index contributed by atoms with van der Waals surface area (Å²) in [6.45, 7) is 6.20. The van der Waals surface area contributed by atoms with Gasteiger partial charge in [-0.3, -0.25) is 4.79 Å². The molecule has 164 valence electrons. The number of nitrogens with one attached hydrogen (secondary N) is 1. The number of thiazole rings is 1. The number of nitrogens with zero attached hydrogens (tertiary/aromatic N) is 3. The molecule has 1 amide bonds. The van der Waals surface area contributed by atoms with E-state index in [1.54, 1.807) is 24.5 Å². The average molecular weight is 433 g/mol. The van der Waals surface area contributed by atoms with E-state index in [1.165, 1.54) is 0 Å². The van der Waals surface area contributed by atoms with Crippen LogP contribution in [0.5, 0.6) is 5.75 Å². The van der Waals surface area contributed by atoms with Crippen LogP contribution >= 0.6 is 11.3 Å². The maximum atomic E-state index is 12.8. The molecule has 1 atom stereocenters. The fraction of sp³-hybridized carbons (Fsp3) is 0.545. The Morgan fingerprint density at radius 2 is 2.13 bits per heavy atom. The lowest BCUT2D eigenvalue weighted by molar-refractivity contribution is 0.0937. The van der Waals surface area contributed by atoms with E-state index in [9.17, 15) is 4.79 Å². The maximum absolute atomic E-state index is 12.8. The molecule has 8 heteroatoms. The van der Waals surface area contributed by atoms with Crippen molar-refractivity contribution < 1.29 is 14.3 Å². The lowest BCUT2D eigenvalue weighted by Crippen LogP contribution is -2.36. The van der Waals surface area contributed by atoms with Crippen LogP contribution in [-0.2, 0) is 4.74 Å². The summed E-state index contributed by atoms with van der Waals surface area (Å²) in [4.78, 5) is 22.0. The molecular weight excluding hydrogens is 400 g/mol. The molecule has 1 aromatic heterocycles. The van der Waals surface area contributed by atoms with E-state index in [0.29, 0.717) is 11.3 Å². The first-order chi connectivity index (χ1) is 14.5. The minimum absolute atomic E-state index is 0.0695. The van der Waals surface area contributed by atoms with Crippen LogP contribution in [0.1, 0.15) is 30.1 Å². The Balaban J connectivity index is 1.72. The summed E-state index contributed by atoms with van der Waals surface area (Å²) in [6.07, 6.45) is 1.99. The summed E-state index contributed by atoms with van der Waals surface area (Å²) in [5.74, 6) is 0.643. The van der Waals surface area contributed by atoms with Crippen molar-refractivity contribution in [3.05, 3.63) is 29.1 Å². The van der Waals surface area contributed by atoms with Gasteiger partial charge in [0.05, 0.1) is 26.0 Å². The number of morpholine rings is 1. The van der Waals surface area contributed by atoms with Crippen LogP contribution in [0.2, 0.25) is 0 Å². The first-order valence-electron chi connectivity index (χ1n) is 10.4. The molecule has 1 saturated heterocycles. The molecule has 7 nitrogen and oxygen atoms in total. The number of benzene rings is 1. The number of carbonyl (C=O) groups excluding carboxylic acids is 1. The first-order valence-corrected chi connectivity index (χ1v) is 11.3. The van der Waals surface area contributed by atoms with Gasteiger partial charge in [-0.05, 0) is 58.6 Å². The van der Waals surface area contributed by atoms with E-state index in [-0.39, 0.29) is 11.9 Å². The molecule has 30 heavy (non-hydrogen) atoms. The highest BCUT2D eigenvalue weighted by molar-refractivity contribution is 7.14. The van der Waals surface area contributed by atoms with Crippen molar-refractivity contribution in [2.75, 3.05) is 59.0 Å². The largest absolute Gasteiger partial charge is 0.496 e. The van der Waals surface area contributed by atoms with E-state index in [1.807, 2.05) is 24.4 Å². The number of rotatable bonds is 9. The van der Waals surface area contributed by atoms with Crippen molar-refractivity contribution in [2.24, 2.45) is 0 Å². The zero-order valence-corrected chi connectivity index (χ0v) is 19.1. The van der Waals surface area contributed by atoms with Gasteiger partial charge in [0, 0.05) is 35.6 Å². The lowest BCUT2D eigenvalue weighted by atomic mass is 10.1. The molecule has 0 saturated carbocycles. The highest BCUT2D eigenvalue weighted by atomic mass is 32.1. The predicted molar refractivity (Wildman–Crippen MR) is 122 cm³/mol.